The van der Waals surface area contributed by atoms with Crippen molar-refractivity contribution in [1.29, 1.82) is 0 Å². The topological polar surface area (TPSA) is 44.8 Å². The molecule has 1 spiro atoms. The fourth-order valence-corrected chi connectivity index (χ4v) is 3.56. The molecule has 2 rings (SSSR count). The first kappa shape index (κ1) is 17.7. The molecule has 0 aromatic rings. The van der Waals surface area contributed by atoms with Gasteiger partial charge in [0.15, 0.2) is 5.79 Å². The Balaban J connectivity index is 1.44. The first-order chi connectivity index (χ1) is 10.7. The summed E-state index contributed by atoms with van der Waals surface area (Å²) >= 11 is 0. The molecule has 1 unspecified atom stereocenters. The van der Waals surface area contributed by atoms with Gasteiger partial charge in [0, 0.05) is 19.3 Å². The van der Waals surface area contributed by atoms with Gasteiger partial charge in [-0.15, -0.1) is 0 Å². The number of ether oxygens (including phenoxy) is 3. The van der Waals surface area contributed by atoms with E-state index in [4.69, 9.17) is 9.47 Å². The Labute approximate surface area is 134 Å². The molecule has 1 heterocycles. The van der Waals surface area contributed by atoms with Gasteiger partial charge in [0.1, 0.15) is 0 Å². The molecular formula is C18H32O4. The fraction of sp³-hybridized carbons (Fsp3) is 0.944. The molecule has 1 aliphatic heterocycles. The molecule has 4 nitrogen and oxygen atoms in total. The molecule has 1 saturated carbocycles. The van der Waals surface area contributed by atoms with Crippen LogP contribution in [0.1, 0.15) is 83.5 Å². The number of methoxy groups -OCH3 is 1. The third-order valence-electron chi connectivity index (χ3n) is 4.91. The number of esters is 1. The van der Waals surface area contributed by atoms with Crippen LogP contribution >= 0.6 is 0 Å². The highest BCUT2D eigenvalue weighted by atomic mass is 16.7. The number of carbonyl (C=O) groups excluding carboxylic acids is 1. The molecule has 0 aromatic carbocycles. The van der Waals surface area contributed by atoms with Crippen molar-refractivity contribution >= 4 is 5.97 Å². The summed E-state index contributed by atoms with van der Waals surface area (Å²) in [4.78, 5) is 11.0. The van der Waals surface area contributed by atoms with E-state index in [0.717, 1.165) is 38.7 Å². The Morgan fingerprint density at radius 3 is 2.45 bits per heavy atom. The molecule has 22 heavy (non-hydrogen) atoms. The van der Waals surface area contributed by atoms with Gasteiger partial charge in [-0.3, -0.25) is 4.79 Å². The highest BCUT2D eigenvalue weighted by molar-refractivity contribution is 5.68. The number of hydrogen-bond donors (Lipinski definition) is 0. The normalized spacial score (nSPS) is 23.8. The lowest BCUT2D eigenvalue weighted by molar-refractivity contribution is -0.187. The summed E-state index contributed by atoms with van der Waals surface area (Å²) in [5.74, 6) is -0.299. The van der Waals surface area contributed by atoms with Crippen molar-refractivity contribution in [2.45, 2.75) is 95.4 Å². The molecule has 0 N–H and O–H groups in total. The van der Waals surface area contributed by atoms with Crippen LogP contribution in [0.25, 0.3) is 0 Å². The molecule has 1 saturated heterocycles. The van der Waals surface area contributed by atoms with Gasteiger partial charge in [-0.25, -0.2) is 0 Å². The van der Waals surface area contributed by atoms with Crippen LogP contribution in [-0.2, 0) is 19.0 Å². The van der Waals surface area contributed by atoms with Gasteiger partial charge in [0.2, 0.25) is 0 Å². The van der Waals surface area contributed by atoms with E-state index in [-0.39, 0.29) is 11.8 Å². The average molecular weight is 312 g/mol. The standard InChI is InChI=1S/C18H32O4/c1-20-17(19)12-8-5-3-2-4-7-11-16-15-21-18(22-16)13-9-6-10-14-18/h16H,2-15H2,1H3. The van der Waals surface area contributed by atoms with E-state index in [0.29, 0.717) is 12.5 Å². The Hall–Kier alpha value is -0.610. The summed E-state index contributed by atoms with van der Waals surface area (Å²) in [6.45, 7) is 0.791. The molecule has 2 aliphatic rings. The second kappa shape index (κ2) is 9.51. The van der Waals surface area contributed by atoms with Crippen LogP contribution in [0.4, 0.5) is 0 Å². The summed E-state index contributed by atoms with van der Waals surface area (Å²) in [7, 11) is 1.45. The van der Waals surface area contributed by atoms with E-state index in [1.165, 1.54) is 52.1 Å². The number of unbranched alkanes of at least 4 members (excludes halogenated alkanes) is 5. The van der Waals surface area contributed by atoms with Crippen LogP contribution in [0.5, 0.6) is 0 Å². The van der Waals surface area contributed by atoms with Crippen molar-refractivity contribution in [3.05, 3.63) is 0 Å². The second-order valence-corrected chi connectivity index (χ2v) is 6.76. The minimum absolute atomic E-state index is 0.0879. The van der Waals surface area contributed by atoms with Crippen molar-refractivity contribution in [3.63, 3.8) is 0 Å². The molecule has 0 aromatic heterocycles. The molecule has 1 atom stereocenters. The van der Waals surface area contributed by atoms with Gasteiger partial charge < -0.3 is 14.2 Å². The number of rotatable bonds is 9. The van der Waals surface area contributed by atoms with Crippen LogP contribution in [0, 0.1) is 0 Å². The van der Waals surface area contributed by atoms with Gasteiger partial charge >= 0.3 is 5.97 Å². The zero-order chi connectivity index (χ0) is 15.7. The van der Waals surface area contributed by atoms with Crippen LogP contribution in [-0.4, -0.2) is 31.6 Å². The molecule has 0 radical (unpaired) electrons. The predicted molar refractivity (Wildman–Crippen MR) is 85.6 cm³/mol. The van der Waals surface area contributed by atoms with Crippen LogP contribution in [0.3, 0.4) is 0 Å². The van der Waals surface area contributed by atoms with Gasteiger partial charge in [0.25, 0.3) is 0 Å². The monoisotopic (exact) mass is 312 g/mol. The lowest BCUT2D eigenvalue weighted by Gasteiger charge is -2.31. The van der Waals surface area contributed by atoms with E-state index in [2.05, 4.69) is 4.74 Å². The molecular weight excluding hydrogens is 280 g/mol. The second-order valence-electron chi connectivity index (χ2n) is 6.76. The first-order valence-electron chi connectivity index (χ1n) is 9.13. The summed E-state index contributed by atoms with van der Waals surface area (Å²) in [6.07, 6.45) is 15.0. The fourth-order valence-electron chi connectivity index (χ4n) is 3.56. The maximum Gasteiger partial charge on any atom is 0.305 e. The summed E-state index contributed by atoms with van der Waals surface area (Å²) < 4.78 is 16.8. The lowest BCUT2D eigenvalue weighted by atomic mass is 9.94. The summed E-state index contributed by atoms with van der Waals surface area (Å²) in [5.41, 5.74) is 0. The van der Waals surface area contributed by atoms with E-state index in [9.17, 15) is 4.79 Å². The van der Waals surface area contributed by atoms with E-state index >= 15 is 0 Å². The smallest absolute Gasteiger partial charge is 0.305 e. The SMILES string of the molecule is COC(=O)CCCCCCCCC1COC2(CCCCC2)O1. The van der Waals surface area contributed by atoms with Crippen molar-refractivity contribution in [2.75, 3.05) is 13.7 Å². The Kier molecular flexibility index (Phi) is 7.67. The van der Waals surface area contributed by atoms with E-state index < -0.39 is 0 Å². The molecule has 0 amide bonds. The zero-order valence-corrected chi connectivity index (χ0v) is 14.1. The quantitative estimate of drug-likeness (QED) is 0.469. The van der Waals surface area contributed by atoms with Crippen molar-refractivity contribution < 1.29 is 19.0 Å². The van der Waals surface area contributed by atoms with Crippen molar-refractivity contribution in [1.82, 2.24) is 0 Å². The highest BCUT2D eigenvalue weighted by Gasteiger charge is 2.41. The van der Waals surface area contributed by atoms with E-state index in [1.54, 1.807) is 0 Å². The maximum absolute atomic E-state index is 11.0. The Morgan fingerprint density at radius 1 is 1.05 bits per heavy atom. The van der Waals surface area contributed by atoms with Crippen molar-refractivity contribution in [2.24, 2.45) is 0 Å². The minimum atomic E-state index is -0.212. The Bertz CT molecular complexity index is 323. The number of carbonyl (C=O) groups is 1. The third-order valence-corrected chi connectivity index (χ3v) is 4.91. The minimum Gasteiger partial charge on any atom is -0.469 e. The predicted octanol–water partition coefficient (Wildman–Crippen LogP) is 4.36. The summed E-state index contributed by atoms with van der Waals surface area (Å²) in [5, 5.41) is 0. The molecule has 4 heteroatoms. The molecule has 0 bridgehead atoms. The van der Waals surface area contributed by atoms with Crippen LogP contribution in [0.2, 0.25) is 0 Å². The molecule has 2 fully saturated rings. The third kappa shape index (κ3) is 5.88. The van der Waals surface area contributed by atoms with Crippen molar-refractivity contribution in [3.8, 4) is 0 Å². The van der Waals surface area contributed by atoms with E-state index in [1.807, 2.05) is 0 Å². The molecule has 1 aliphatic carbocycles. The van der Waals surface area contributed by atoms with Crippen LogP contribution in [0.15, 0.2) is 0 Å². The summed E-state index contributed by atoms with van der Waals surface area (Å²) in [6, 6.07) is 0. The Morgan fingerprint density at radius 2 is 1.73 bits per heavy atom. The van der Waals surface area contributed by atoms with Gasteiger partial charge in [-0.1, -0.05) is 38.5 Å². The van der Waals surface area contributed by atoms with Gasteiger partial charge in [0.05, 0.1) is 19.8 Å². The lowest BCUT2D eigenvalue weighted by Crippen LogP contribution is -2.33. The zero-order valence-electron chi connectivity index (χ0n) is 14.1. The largest absolute Gasteiger partial charge is 0.469 e. The average Bonchev–Trinajstić information content (AvgIpc) is 2.92. The highest BCUT2D eigenvalue weighted by Crippen LogP contribution is 2.38. The number of hydrogen-bond acceptors (Lipinski definition) is 4. The first-order valence-corrected chi connectivity index (χ1v) is 9.13. The molecule has 128 valence electrons. The maximum atomic E-state index is 11.0. The van der Waals surface area contributed by atoms with Gasteiger partial charge in [-0.05, 0) is 25.7 Å². The van der Waals surface area contributed by atoms with Gasteiger partial charge in [-0.2, -0.15) is 0 Å². The van der Waals surface area contributed by atoms with Crippen LogP contribution < -0.4 is 0 Å².